The van der Waals surface area contributed by atoms with Crippen LogP contribution in [0.2, 0.25) is 0 Å². The molecule has 0 aliphatic carbocycles. The summed E-state index contributed by atoms with van der Waals surface area (Å²) in [5, 5.41) is 4.30. The molecule has 1 rings (SSSR count). The maximum Gasteiger partial charge on any atom is 0.321 e. The molecule has 4 nitrogen and oxygen atoms in total. The second kappa shape index (κ2) is 1.22. The molecule has 0 aromatic heterocycles. The molecule has 38 valence electrons. The fourth-order valence-corrected chi connectivity index (χ4v) is 0.376. The van der Waals surface area contributed by atoms with Gasteiger partial charge in [0.15, 0.2) is 0 Å². The van der Waals surface area contributed by atoms with Crippen molar-refractivity contribution in [2.24, 2.45) is 0 Å². The molecule has 0 radical (unpaired) electrons. The Hall–Kier alpha value is -1.06. The van der Waals surface area contributed by atoms with Gasteiger partial charge in [0.1, 0.15) is 0 Å². The minimum Gasteiger partial charge on any atom is -0.329 e. The van der Waals surface area contributed by atoms with Gasteiger partial charge in [0.05, 0.1) is 6.54 Å². The van der Waals surface area contributed by atoms with Crippen molar-refractivity contribution in [1.82, 2.24) is 10.6 Å². The van der Waals surface area contributed by atoms with E-state index in [9.17, 15) is 9.59 Å². The summed E-state index contributed by atoms with van der Waals surface area (Å²) in [6.07, 6.45) is 0. The van der Waals surface area contributed by atoms with Crippen LogP contribution >= 0.6 is 0 Å². The average molecular weight is 102 g/mol. The molecular formula is C3H4N2O2. The van der Waals surface area contributed by atoms with Gasteiger partial charge in [-0.3, -0.25) is 10.1 Å². The third-order valence-corrected chi connectivity index (χ3v) is 0.662. The largest absolute Gasteiger partial charge is 0.329 e. The summed E-state index contributed by atoms with van der Waals surface area (Å²) in [6, 6.07) is -0.398. The Morgan fingerprint density at radius 3 is 2.29 bits per heavy atom. The maximum atomic E-state index is 10.1. The third kappa shape index (κ3) is 0.677. The van der Waals surface area contributed by atoms with Gasteiger partial charge in [-0.05, 0) is 0 Å². The lowest BCUT2D eigenvalue weighted by Gasteiger charge is -1.78. The van der Waals surface area contributed by atoms with Gasteiger partial charge < -0.3 is 5.32 Å². The highest BCUT2D eigenvalue weighted by Crippen LogP contribution is 1.73. The minimum atomic E-state index is -0.398. The lowest BCUT2D eigenvalue weighted by molar-refractivity contribution is -0.117. The summed E-state index contributed by atoms with van der Waals surface area (Å²) in [4.78, 5) is 20.1. The van der Waals surface area contributed by atoms with Crippen molar-refractivity contribution in [3.05, 3.63) is 0 Å². The Kier molecular flexibility index (Phi) is 0.714. The first-order valence-electron chi connectivity index (χ1n) is 1.87. The van der Waals surface area contributed by atoms with Gasteiger partial charge in [-0.15, -0.1) is 0 Å². The molecule has 0 unspecified atom stereocenters. The number of carbonyl (C=O) groups excluding carboxylic acids is 2. The fraction of sp³-hybridized carbons (Fsp3) is 0.333. The minimum absolute atomic E-state index is 0.124. The summed E-state index contributed by atoms with van der Waals surface area (Å²) in [7, 11) is 0. The standard InChI is InChI=1S/C3H4N2O2/c6-2-1-4-3(7)5-2/h1H2,(H2,4,5,6,7)/i1+1,5+1. The van der Waals surface area contributed by atoms with Crippen LogP contribution in [-0.2, 0) is 4.79 Å². The molecule has 4 heteroatoms. The average Bonchev–Trinajstić information content (AvgIpc) is 1.87. The predicted octanol–water partition coefficient (Wildman–Crippen LogP) is -1.17. The number of imide groups is 1. The quantitative estimate of drug-likeness (QED) is 0.230. The number of amides is 3. The number of carbonyl (C=O) groups is 2. The molecule has 0 aromatic rings. The van der Waals surface area contributed by atoms with E-state index in [4.69, 9.17) is 0 Å². The van der Waals surface area contributed by atoms with Crippen molar-refractivity contribution in [3.8, 4) is 0 Å². The molecule has 0 spiro atoms. The topological polar surface area (TPSA) is 58.2 Å². The second-order valence-corrected chi connectivity index (χ2v) is 1.23. The van der Waals surface area contributed by atoms with E-state index in [1.807, 2.05) is 5.32 Å². The first-order valence-corrected chi connectivity index (χ1v) is 1.87. The summed E-state index contributed by atoms with van der Waals surface area (Å²) in [6.45, 7) is 0.124. The highest BCUT2D eigenvalue weighted by Gasteiger charge is 2.14. The molecule has 0 saturated carbocycles. The summed E-state index contributed by atoms with van der Waals surface area (Å²) in [5.74, 6) is -0.259. The number of rotatable bonds is 0. The van der Waals surface area contributed by atoms with Crippen molar-refractivity contribution in [1.29, 1.82) is 0 Å². The second-order valence-electron chi connectivity index (χ2n) is 1.23. The Morgan fingerprint density at radius 2 is 2.14 bits per heavy atom. The van der Waals surface area contributed by atoms with E-state index >= 15 is 0 Å². The third-order valence-electron chi connectivity index (χ3n) is 0.662. The van der Waals surface area contributed by atoms with Crippen molar-refractivity contribution in [2.45, 2.75) is 0 Å². The first kappa shape index (κ1) is 4.11. The molecule has 1 aliphatic rings. The molecule has 0 bridgehead atoms. The van der Waals surface area contributed by atoms with E-state index in [-0.39, 0.29) is 12.5 Å². The van der Waals surface area contributed by atoms with Crippen LogP contribution in [0.1, 0.15) is 0 Å². The van der Waals surface area contributed by atoms with Crippen LogP contribution in [0.15, 0.2) is 0 Å². The number of hydrogen-bond donors (Lipinski definition) is 2. The lowest BCUT2D eigenvalue weighted by atomic mass is 11.0. The zero-order chi connectivity index (χ0) is 5.28. The Morgan fingerprint density at radius 1 is 1.43 bits per heavy atom. The van der Waals surface area contributed by atoms with Crippen molar-refractivity contribution in [2.75, 3.05) is 6.54 Å². The normalized spacial score (nSPS) is 18.9. The smallest absolute Gasteiger partial charge is 0.321 e. The van der Waals surface area contributed by atoms with Gasteiger partial charge in [-0.2, -0.15) is 0 Å². The van der Waals surface area contributed by atoms with Gasteiger partial charge in [-0.25, -0.2) is 4.79 Å². The molecule has 3 amide bonds. The van der Waals surface area contributed by atoms with E-state index in [0.717, 1.165) is 0 Å². The Bertz CT molecular complexity index is 106. The van der Waals surface area contributed by atoms with Crippen LogP contribution in [0.25, 0.3) is 0 Å². The van der Waals surface area contributed by atoms with Crippen LogP contribution in [0.5, 0.6) is 0 Å². The van der Waals surface area contributed by atoms with Crippen molar-refractivity contribution < 1.29 is 9.59 Å². The lowest BCUT2D eigenvalue weighted by Crippen LogP contribution is -2.22. The summed E-state index contributed by atoms with van der Waals surface area (Å²) >= 11 is 0. The molecule has 1 heterocycles. The Labute approximate surface area is 39.9 Å². The van der Waals surface area contributed by atoms with Gasteiger partial charge in [0, 0.05) is 0 Å². The van der Waals surface area contributed by atoms with Crippen LogP contribution in [0.4, 0.5) is 4.79 Å². The first-order chi connectivity index (χ1) is 3.29. The van der Waals surface area contributed by atoms with Gasteiger partial charge >= 0.3 is 6.03 Å². The predicted molar refractivity (Wildman–Crippen MR) is 21.5 cm³/mol. The monoisotopic (exact) mass is 102 g/mol. The molecule has 7 heavy (non-hydrogen) atoms. The summed E-state index contributed by atoms with van der Waals surface area (Å²) in [5.41, 5.74) is 0. The zero-order valence-corrected chi connectivity index (χ0v) is 3.52. The molecule has 2 N–H and O–H groups in total. The fourth-order valence-electron chi connectivity index (χ4n) is 0.376. The molecular weight excluding hydrogens is 98.0 g/mol. The summed E-state index contributed by atoms with van der Waals surface area (Å²) < 4.78 is 0. The van der Waals surface area contributed by atoms with Crippen LogP contribution in [0.3, 0.4) is 0 Å². The highest BCUT2D eigenvalue weighted by molar-refractivity contribution is 6.01. The highest BCUT2D eigenvalue weighted by atomic mass is 16.2. The molecule has 1 saturated heterocycles. The maximum absolute atomic E-state index is 10.1. The van der Waals surface area contributed by atoms with E-state index in [1.54, 1.807) is 0 Å². The van der Waals surface area contributed by atoms with Crippen LogP contribution in [0, 0.1) is 0 Å². The van der Waals surface area contributed by atoms with Gasteiger partial charge in [0.2, 0.25) is 5.91 Å². The van der Waals surface area contributed by atoms with Crippen LogP contribution < -0.4 is 10.6 Å². The molecule has 1 aliphatic heterocycles. The molecule has 0 aromatic carbocycles. The van der Waals surface area contributed by atoms with Gasteiger partial charge in [0.25, 0.3) is 0 Å². The molecule has 0 atom stereocenters. The Balaban J connectivity index is 2.55. The van der Waals surface area contributed by atoms with E-state index in [0.29, 0.717) is 0 Å². The van der Waals surface area contributed by atoms with Crippen LogP contribution in [-0.4, -0.2) is 18.5 Å². The molecule has 1 fully saturated rings. The SMILES string of the molecule is O=C1[13CH2]NC(=O)[15NH]1. The van der Waals surface area contributed by atoms with Gasteiger partial charge in [-0.1, -0.05) is 0 Å². The van der Waals surface area contributed by atoms with Crippen molar-refractivity contribution in [3.63, 3.8) is 0 Å². The zero-order valence-electron chi connectivity index (χ0n) is 3.52. The number of nitrogens with one attached hydrogen (secondary N) is 2. The number of urea groups is 1. The van der Waals surface area contributed by atoms with E-state index in [2.05, 4.69) is 5.32 Å². The number of hydrogen-bond acceptors (Lipinski definition) is 2. The van der Waals surface area contributed by atoms with Crippen molar-refractivity contribution >= 4 is 11.9 Å². The van der Waals surface area contributed by atoms with E-state index in [1.165, 1.54) is 0 Å². The van der Waals surface area contributed by atoms with E-state index < -0.39 is 6.03 Å².